The minimum atomic E-state index is -4.38. The van der Waals surface area contributed by atoms with Crippen LogP contribution in [-0.4, -0.2) is 35.2 Å². The number of benzene rings is 2. The summed E-state index contributed by atoms with van der Waals surface area (Å²) in [6, 6.07) is 14.5. The lowest BCUT2D eigenvalue weighted by Crippen LogP contribution is -2.31. The molecule has 172 valence electrons. The van der Waals surface area contributed by atoms with Crippen LogP contribution in [0.15, 0.2) is 60.8 Å². The number of fused-ring (bicyclic) bond motifs is 1. The van der Waals surface area contributed by atoms with Crippen LogP contribution in [0.1, 0.15) is 39.5 Å². The van der Waals surface area contributed by atoms with E-state index in [-0.39, 0.29) is 12.5 Å². The number of nitrogens with one attached hydrogen (secondary N) is 1. The fraction of sp³-hybridized carbons (Fsp3) is 0.280. The number of rotatable bonds is 6. The number of amides is 1. The van der Waals surface area contributed by atoms with Crippen molar-refractivity contribution < 1.29 is 23.1 Å². The number of nitrogens with zero attached hydrogens (tertiary/aromatic N) is 2. The van der Waals surface area contributed by atoms with Crippen LogP contribution in [0.25, 0.3) is 0 Å². The summed E-state index contributed by atoms with van der Waals surface area (Å²) in [5.74, 6) is 0.445. The number of hydrogen-bond acceptors (Lipinski definition) is 4. The average Bonchev–Trinajstić information content (AvgIpc) is 3.21. The Balaban J connectivity index is 1.57. The van der Waals surface area contributed by atoms with E-state index >= 15 is 0 Å². The van der Waals surface area contributed by atoms with E-state index in [2.05, 4.69) is 10.3 Å². The van der Waals surface area contributed by atoms with Gasteiger partial charge in [-0.3, -0.25) is 4.79 Å². The van der Waals surface area contributed by atoms with Crippen LogP contribution in [-0.2, 0) is 19.0 Å². The van der Waals surface area contributed by atoms with Crippen molar-refractivity contribution in [2.24, 2.45) is 0 Å². The maximum Gasteiger partial charge on any atom is 0.416 e. The molecule has 1 atom stereocenters. The Kier molecular flexibility index (Phi) is 6.37. The second-order valence-electron chi connectivity index (χ2n) is 8.16. The number of carbonyl (C=O) groups excluding carboxylic acids is 1. The molecule has 8 heteroatoms. The van der Waals surface area contributed by atoms with Gasteiger partial charge in [-0.1, -0.05) is 24.3 Å². The SMILES string of the molecule is CC(O)CNC(=O)c1cccc2c1CCN2c1cc(Cc2cccc(C(F)(F)F)c2)ccn1. The third kappa shape index (κ3) is 5.17. The number of hydrogen-bond donors (Lipinski definition) is 2. The third-order valence-corrected chi connectivity index (χ3v) is 5.58. The highest BCUT2D eigenvalue weighted by molar-refractivity contribution is 5.98. The van der Waals surface area contributed by atoms with Crippen LogP contribution in [0.3, 0.4) is 0 Å². The molecular weight excluding hydrogens is 431 g/mol. The van der Waals surface area contributed by atoms with E-state index in [9.17, 15) is 23.1 Å². The van der Waals surface area contributed by atoms with E-state index in [1.165, 1.54) is 12.1 Å². The van der Waals surface area contributed by atoms with Gasteiger partial charge in [0.2, 0.25) is 0 Å². The molecule has 1 aromatic heterocycles. The van der Waals surface area contributed by atoms with Crippen LogP contribution >= 0.6 is 0 Å². The number of aliphatic hydroxyl groups is 1. The van der Waals surface area contributed by atoms with Gasteiger partial charge in [-0.05, 0) is 66.8 Å². The van der Waals surface area contributed by atoms with Crippen molar-refractivity contribution in [1.82, 2.24) is 10.3 Å². The summed E-state index contributed by atoms with van der Waals surface area (Å²) in [6.07, 6.45) is -2.35. The first-order valence-corrected chi connectivity index (χ1v) is 10.7. The number of carbonyl (C=O) groups is 1. The van der Waals surface area contributed by atoms with Gasteiger partial charge < -0.3 is 15.3 Å². The maximum absolute atomic E-state index is 13.0. The maximum atomic E-state index is 13.0. The first-order chi connectivity index (χ1) is 15.7. The van der Waals surface area contributed by atoms with E-state index in [0.717, 1.165) is 22.9 Å². The monoisotopic (exact) mass is 455 g/mol. The highest BCUT2D eigenvalue weighted by atomic mass is 19.4. The molecule has 0 radical (unpaired) electrons. The van der Waals surface area contributed by atoms with Crippen molar-refractivity contribution in [1.29, 1.82) is 0 Å². The Morgan fingerprint density at radius 3 is 2.67 bits per heavy atom. The summed E-state index contributed by atoms with van der Waals surface area (Å²) in [6.45, 7) is 2.41. The molecule has 2 aromatic carbocycles. The quantitative estimate of drug-likeness (QED) is 0.575. The molecule has 4 rings (SSSR count). The molecule has 0 spiro atoms. The van der Waals surface area contributed by atoms with Gasteiger partial charge in [-0.15, -0.1) is 0 Å². The lowest BCUT2D eigenvalue weighted by molar-refractivity contribution is -0.137. The standard InChI is InChI=1S/C25H24F3N3O2/c1-16(32)15-30-24(33)21-6-3-7-22-20(21)9-11-31(22)23-14-18(8-10-29-23)12-17-4-2-5-19(13-17)25(26,27)28/h2-8,10,13-14,16,32H,9,11-12,15H2,1H3,(H,30,33). The summed E-state index contributed by atoms with van der Waals surface area (Å²) >= 11 is 0. The molecule has 3 aromatic rings. The Hall–Kier alpha value is -3.39. The minimum absolute atomic E-state index is 0.172. The average molecular weight is 455 g/mol. The molecular formula is C25H24F3N3O2. The summed E-state index contributed by atoms with van der Waals surface area (Å²) in [7, 11) is 0. The highest BCUT2D eigenvalue weighted by Crippen LogP contribution is 2.36. The van der Waals surface area contributed by atoms with Gasteiger partial charge in [-0.25, -0.2) is 4.98 Å². The van der Waals surface area contributed by atoms with Crippen LogP contribution in [0.2, 0.25) is 0 Å². The van der Waals surface area contributed by atoms with Crippen LogP contribution in [0.5, 0.6) is 0 Å². The van der Waals surface area contributed by atoms with Crippen molar-refractivity contribution in [2.75, 3.05) is 18.0 Å². The molecule has 0 bridgehead atoms. The molecule has 5 nitrogen and oxygen atoms in total. The summed E-state index contributed by atoms with van der Waals surface area (Å²) in [5, 5.41) is 12.2. The topological polar surface area (TPSA) is 65.5 Å². The van der Waals surface area contributed by atoms with E-state index in [1.807, 2.05) is 17.0 Å². The zero-order valence-corrected chi connectivity index (χ0v) is 18.1. The third-order valence-electron chi connectivity index (χ3n) is 5.58. The fourth-order valence-electron chi connectivity index (χ4n) is 4.03. The largest absolute Gasteiger partial charge is 0.416 e. The predicted octanol–water partition coefficient (Wildman–Crippen LogP) is 4.50. The molecule has 1 aliphatic rings. The van der Waals surface area contributed by atoms with Crippen LogP contribution in [0, 0.1) is 0 Å². The second kappa shape index (κ2) is 9.23. The van der Waals surface area contributed by atoms with E-state index < -0.39 is 17.8 Å². The van der Waals surface area contributed by atoms with Gasteiger partial charge in [0.15, 0.2) is 0 Å². The molecule has 1 amide bonds. The van der Waals surface area contributed by atoms with Crippen LogP contribution in [0.4, 0.5) is 24.7 Å². The second-order valence-corrected chi connectivity index (χ2v) is 8.16. The predicted molar refractivity (Wildman–Crippen MR) is 120 cm³/mol. The van der Waals surface area contributed by atoms with Gasteiger partial charge >= 0.3 is 6.18 Å². The van der Waals surface area contributed by atoms with Gasteiger partial charge in [0, 0.05) is 30.5 Å². The molecule has 0 fully saturated rings. The van der Waals surface area contributed by atoms with Crippen molar-refractivity contribution >= 4 is 17.4 Å². The zero-order chi connectivity index (χ0) is 23.6. The molecule has 1 aliphatic heterocycles. The zero-order valence-electron chi connectivity index (χ0n) is 18.1. The number of aromatic nitrogens is 1. The molecule has 0 saturated carbocycles. The normalized spacial score (nSPS) is 14.2. The molecule has 1 unspecified atom stereocenters. The first kappa shape index (κ1) is 22.8. The van der Waals surface area contributed by atoms with E-state index in [4.69, 9.17) is 0 Å². The molecule has 0 saturated heterocycles. The lowest BCUT2D eigenvalue weighted by Gasteiger charge is -2.19. The highest BCUT2D eigenvalue weighted by Gasteiger charge is 2.30. The number of aliphatic hydroxyl groups excluding tert-OH is 1. The summed E-state index contributed by atoms with van der Waals surface area (Å²) in [4.78, 5) is 19.0. The lowest BCUT2D eigenvalue weighted by atomic mass is 10.0. The minimum Gasteiger partial charge on any atom is -0.392 e. The number of alkyl halides is 3. The number of anilines is 2. The number of pyridine rings is 1. The van der Waals surface area contributed by atoms with Crippen molar-refractivity contribution in [3.8, 4) is 0 Å². The Morgan fingerprint density at radius 1 is 1.15 bits per heavy atom. The van der Waals surface area contributed by atoms with Gasteiger partial charge in [0.05, 0.1) is 11.7 Å². The smallest absolute Gasteiger partial charge is 0.392 e. The Bertz CT molecular complexity index is 1160. The first-order valence-electron chi connectivity index (χ1n) is 10.7. The molecule has 0 aliphatic carbocycles. The van der Waals surface area contributed by atoms with Gasteiger partial charge in [-0.2, -0.15) is 13.2 Å². The van der Waals surface area contributed by atoms with E-state index in [0.29, 0.717) is 36.3 Å². The van der Waals surface area contributed by atoms with Crippen molar-refractivity contribution in [3.63, 3.8) is 0 Å². The number of halogens is 3. The van der Waals surface area contributed by atoms with Crippen LogP contribution < -0.4 is 10.2 Å². The fourth-order valence-corrected chi connectivity index (χ4v) is 4.03. The van der Waals surface area contributed by atoms with E-state index in [1.54, 1.807) is 37.4 Å². The molecule has 2 N–H and O–H groups in total. The summed E-state index contributed by atoms with van der Waals surface area (Å²) in [5.41, 5.74) is 3.11. The molecule has 33 heavy (non-hydrogen) atoms. The summed E-state index contributed by atoms with van der Waals surface area (Å²) < 4.78 is 39.1. The van der Waals surface area contributed by atoms with Crippen molar-refractivity contribution in [3.05, 3.63) is 88.6 Å². The Morgan fingerprint density at radius 2 is 1.91 bits per heavy atom. The van der Waals surface area contributed by atoms with Gasteiger partial charge in [0.1, 0.15) is 5.82 Å². The molecule has 2 heterocycles. The Labute approximate surface area is 189 Å². The van der Waals surface area contributed by atoms with Gasteiger partial charge in [0.25, 0.3) is 5.91 Å². The van der Waals surface area contributed by atoms with Crippen molar-refractivity contribution in [2.45, 2.75) is 32.0 Å².